The molecule has 4 nitrogen and oxygen atoms in total. The van der Waals surface area contributed by atoms with Crippen molar-refractivity contribution in [2.24, 2.45) is 0 Å². The second-order valence-electron chi connectivity index (χ2n) is 8.20. The van der Waals surface area contributed by atoms with E-state index in [-0.39, 0.29) is 0 Å². The molecule has 136 valence electrons. The van der Waals surface area contributed by atoms with Crippen LogP contribution < -0.4 is 14.7 Å². The van der Waals surface area contributed by atoms with E-state index in [0.717, 1.165) is 31.1 Å². The molecular formula is C21H33N3O+2. The molecule has 2 N–H and O–H groups in total. The van der Waals surface area contributed by atoms with Crippen molar-refractivity contribution in [2.75, 3.05) is 44.2 Å². The van der Waals surface area contributed by atoms with Crippen LogP contribution in [0.15, 0.2) is 24.3 Å². The highest BCUT2D eigenvalue weighted by molar-refractivity contribution is 5.95. The molecule has 0 aromatic heterocycles. The Labute approximate surface area is 151 Å². The molecule has 1 aromatic rings. The van der Waals surface area contributed by atoms with Gasteiger partial charge in [-0.3, -0.25) is 4.79 Å². The Hall–Kier alpha value is -1.39. The fourth-order valence-corrected chi connectivity index (χ4v) is 5.13. The third kappa shape index (κ3) is 3.90. The van der Waals surface area contributed by atoms with Gasteiger partial charge in [0, 0.05) is 25.1 Å². The topological polar surface area (TPSA) is 29.2 Å². The number of quaternary nitrogens is 2. The highest BCUT2D eigenvalue weighted by atomic mass is 16.2. The van der Waals surface area contributed by atoms with Gasteiger partial charge < -0.3 is 14.7 Å². The van der Waals surface area contributed by atoms with E-state index in [0.29, 0.717) is 12.5 Å². The molecule has 0 unspecified atom stereocenters. The number of fused-ring (bicyclic) bond motifs is 1. The van der Waals surface area contributed by atoms with Gasteiger partial charge in [-0.25, -0.2) is 0 Å². The van der Waals surface area contributed by atoms with Gasteiger partial charge >= 0.3 is 0 Å². The maximum atomic E-state index is 12.9. The zero-order valence-corrected chi connectivity index (χ0v) is 15.4. The first-order chi connectivity index (χ1) is 12.3. The van der Waals surface area contributed by atoms with Crippen LogP contribution in [-0.4, -0.2) is 51.2 Å². The Kier molecular flexibility index (Phi) is 5.37. The molecule has 3 aliphatic rings. The number of nitrogens with zero attached hydrogens (tertiary/aromatic N) is 1. The fourth-order valence-electron chi connectivity index (χ4n) is 5.13. The van der Waals surface area contributed by atoms with Crippen LogP contribution in [0.1, 0.15) is 44.1 Å². The minimum atomic E-state index is 0.325. The zero-order chi connectivity index (χ0) is 17.1. The lowest BCUT2D eigenvalue weighted by Gasteiger charge is -2.36. The molecule has 0 bridgehead atoms. The van der Waals surface area contributed by atoms with Gasteiger partial charge in [0.25, 0.3) is 5.91 Å². The Morgan fingerprint density at radius 3 is 2.56 bits per heavy atom. The number of nitrogens with one attached hydrogen (secondary N) is 2. The molecule has 1 aromatic carbocycles. The number of anilines is 1. The highest BCUT2D eigenvalue weighted by Gasteiger charge is 2.33. The normalized spacial score (nSPS) is 27.8. The van der Waals surface area contributed by atoms with Crippen LogP contribution in [0.4, 0.5) is 5.69 Å². The minimum absolute atomic E-state index is 0.325. The van der Waals surface area contributed by atoms with Crippen molar-refractivity contribution in [3.8, 4) is 0 Å². The predicted molar refractivity (Wildman–Crippen MR) is 100 cm³/mol. The van der Waals surface area contributed by atoms with E-state index in [4.69, 9.17) is 0 Å². The molecule has 1 amide bonds. The average Bonchev–Trinajstić information content (AvgIpc) is 2.69. The average molecular weight is 344 g/mol. The van der Waals surface area contributed by atoms with Crippen molar-refractivity contribution in [1.29, 1.82) is 0 Å². The summed E-state index contributed by atoms with van der Waals surface area (Å²) in [6, 6.07) is 9.30. The van der Waals surface area contributed by atoms with E-state index < -0.39 is 0 Å². The number of piperidine rings is 2. The van der Waals surface area contributed by atoms with Gasteiger partial charge in [0.1, 0.15) is 0 Å². The number of benzene rings is 1. The standard InChI is InChI=1S/C21H31N3O/c25-21(24-14-6-8-18-7-2-3-9-20(18)24)17-22-15-10-19(11-16-22)23-12-4-1-5-13-23/h2-3,7,9,19H,1,4-6,8,10-17H2/p+2. The molecule has 0 aliphatic carbocycles. The summed E-state index contributed by atoms with van der Waals surface area (Å²) >= 11 is 0. The molecule has 0 atom stereocenters. The number of aryl methyl sites for hydroxylation is 1. The van der Waals surface area contributed by atoms with Gasteiger partial charge in [0.05, 0.1) is 32.2 Å². The summed E-state index contributed by atoms with van der Waals surface area (Å²) in [6.45, 7) is 6.68. The third-order valence-corrected chi connectivity index (χ3v) is 6.58. The van der Waals surface area contributed by atoms with Crippen molar-refractivity contribution in [2.45, 2.75) is 51.0 Å². The van der Waals surface area contributed by atoms with Crippen LogP contribution in [0.5, 0.6) is 0 Å². The Bertz CT molecular complexity index is 589. The Morgan fingerprint density at radius 1 is 1.00 bits per heavy atom. The first-order valence-electron chi connectivity index (χ1n) is 10.4. The van der Waals surface area contributed by atoms with Crippen LogP contribution in [0.3, 0.4) is 0 Å². The van der Waals surface area contributed by atoms with Crippen molar-refractivity contribution >= 4 is 11.6 Å². The second kappa shape index (κ2) is 7.88. The Balaban J connectivity index is 1.31. The summed E-state index contributed by atoms with van der Waals surface area (Å²) in [5.41, 5.74) is 2.50. The van der Waals surface area contributed by atoms with Crippen molar-refractivity contribution in [3.05, 3.63) is 29.8 Å². The number of carbonyl (C=O) groups excluding carboxylic acids is 1. The maximum absolute atomic E-state index is 12.9. The number of hydrogen-bond acceptors (Lipinski definition) is 1. The summed E-state index contributed by atoms with van der Waals surface area (Å²) < 4.78 is 0. The number of para-hydroxylation sites is 1. The van der Waals surface area contributed by atoms with Gasteiger partial charge in [0.15, 0.2) is 6.54 Å². The van der Waals surface area contributed by atoms with Gasteiger partial charge in [-0.2, -0.15) is 0 Å². The summed E-state index contributed by atoms with van der Waals surface area (Å²) in [5.74, 6) is 0.325. The number of rotatable bonds is 3. The van der Waals surface area contributed by atoms with E-state index >= 15 is 0 Å². The molecule has 0 spiro atoms. The van der Waals surface area contributed by atoms with Gasteiger partial charge in [-0.05, 0) is 43.7 Å². The molecule has 2 saturated heterocycles. The largest absolute Gasteiger partial charge is 0.332 e. The number of carbonyl (C=O) groups is 1. The molecule has 3 heterocycles. The van der Waals surface area contributed by atoms with Gasteiger partial charge in [-0.15, -0.1) is 0 Å². The van der Waals surface area contributed by atoms with Crippen molar-refractivity contribution < 1.29 is 14.6 Å². The maximum Gasteiger partial charge on any atom is 0.282 e. The second-order valence-corrected chi connectivity index (χ2v) is 8.20. The smallest absolute Gasteiger partial charge is 0.282 e. The zero-order valence-electron chi connectivity index (χ0n) is 15.4. The van der Waals surface area contributed by atoms with Crippen molar-refractivity contribution in [1.82, 2.24) is 0 Å². The van der Waals surface area contributed by atoms with E-state index in [1.807, 2.05) is 9.80 Å². The lowest BCUT2D eigenvalue weighted by molar-refractivity contribution is -0.958. The third-order valence-electron chi connectivity index (χ3n) is 6.58. The summed E-state index contributed by atoms with van der Waals surface area (Å²) in [6.07, 6.45) is 9.06. The molecule has 3 aliphatic heterocycles. The lowest BCUT2D eigenvalue weighted by atomic mass is 9.99. The van der Waals surface area contributed by atoms with Crippen LogP contribution >= 0.6 is 0 Å². The molecule has 25 heavy (non-hydrogen) atoms. The van der Waals surface area contributed by atoms with Gasteiger partial charge in [0.2, 0.25) is 0 Å². The molecule has 4 heteroatoms. The number of amides is 1. The van der Waals surface area contributed by atoms with Crippen LogP contribution in [0, 0.1) is 0 Å². The van der Waals surface area contributed by atoms with E-state index in [1.54, 1.807) is 0 Å². The first kappa shape index (κ1) is 17.0. The van der Waals surface area contributed by atoms with Crippen LogP contribution in [0.25, 0.3) is 0 Å². The van der Waals surface area contributed by atoms with Crippen molar-refractivity contribution in [3.63, 3.8) is 0 Å². The van der Waals surface area contributed by atoms with E-state index in [9.17, 15) is 4.79 Å². The van der Waals surface area contributed by atoms with Gasteiger partial charge in [-0.1, -0.05) is 18.2 Å². The number of likely N-dealkylation sites (tertiary alicyclic amines) is 2. The summed E-state index contributed by atoms with van der Waals surface area (Å²) in [4.78, 5) is 18.3. The highest BCUT2D eigenvalue weighted by Crippen LogP contribution is 2.26. The minimum Gasteiger partial charge on any atom is -0.332 e. The summed E-state index contributed by atoms with van der Waals surface area (Å²) in [7, 11) is 0. The molecule has 0 saturated carbocycles. The Morgan fingerprint density at radius 2 is 1.76 bits per heavy atom. The molecule has 2 fully saturated rings. The fraction of sp³-hybridized carbons (Fsp3) is 0.667. The van der Waals surface area contributed by atoms with E-state index in [1.165, 1.54) is 68.7 Å². The quantitative estimate of drug-likeness (QED) is 0.800. The SMILES string of the molecule is O=C(C[NH+]1CCC([NH+]2CCCCC2)CC1)N1CCCc2ccccc21. The van der Waals surface area contributed by atoms with Crippen LogP contribution in [-0.2, 0) is 11.2 Å². The lowest BCUT2D eigenvalue weighted by Crippen LogP contribution is -3.21. The first-order valence-corrected chi connectivity index (χ1v) is 10.4. The van der Waals surface area contributed by atoms with Crippen LogP contribution in [0.2, 0.25) is 0 Å². The number of hydrogen-bond donors (Lipinski definition) is 2. The summed E-state index contributed by atoms with van der Waals surface area (Å²) in [5, 5.41) is 0. The molecule has 0 radical (unpaired) electrons. The predicted octanol–water partition coefficient (Wildman–Crippen LogP) is 0.0819. The monoisotopic (exact) mass is 343 g/mol. The molecular weight excluding hydrogens is 310 g/mol. The van der Waals surface area contributed by atoms with E-state index in [2.05, 4.69) is 24.3 Å². The molecule has 4 rings (SSSR count).